The number of amides is 1. The molecule has 0 aromatic rings. The van der Waals surface area contributed by atoms with Crippen molar-refractivity contribution in [2.45, 2.75) is 6.42 Å². The van der Waals surface area contributed by atoms with Crippen molar-refractivity contribution in [3.63, 3.8) is 0 Å². The quantitative estimate of drug-likeness (QED) is 0.429. The molecule has 2 nitrogen and oxygen atoms in total. The van der Waals surface area contributed by atoms with Crippen LogP contribution >= 0.6 is 12.2 Å². The Balaban J connectivity index is 2.68. The predicted octanol–water partition coefficient (Wildman–Crippen LogP) is 0.636. The Kier molecular flexibility index (Phi) is 1.62. The van der Waals surface area contributed by atoms with Gasteiger partial charge in [-0.05, 0) is 0 Å². The van der Waals surface area contributed by atoms with Crippen molar-refractivity contribution < 1.29 is 4.79 Å². The summed E-state index contributed by atoms with van der Waals surface area (Å²) in [6.07, 6.45) is 2.26. The summed E-state index contributed by atoms with van der Waals surface area (Å²) in [5.41, 5.74) is 0. The van der Waals surface area contributed by atoms with Gasteiger partial charge < -0.3 is 5.32 Å². The summed E-state index contributed by atoms with van der Waals surface area (Å²) in [6.45, 7) is 3.51. The van der Waals surface area contributed by atoms with Crippen molar-refractivity contribution in [1.82, 2.24) is 5.32 Å². The van der Waals surface area contributed by atoms with Crippen LogP contribution in [0.4, 0.5) is 0 Å². The van der Waals surface area contributed by atoms with E-state index >= 15 is 0 Å². The highest BCUT2D eigenvalue weighted by atomic mass is 32.1. The second-order valence-corrected chi connectivity index (χ2v) is 2.45. The van der Waals surface area contributed by atoms with Crippen molar-refractivity contribution >= 4 is 23.1 Å². The van der Waals surface area contributed by atoms with E-state index in [9.17, 15) is 4.79 Å². The topological polar surface area (TPSA) is 29.1 Å². The van der Waals surface area contributed by atoms with Gasteiger partial charge in [0.1, 0.15) is 0 Å². The van der Waals surface area contributed by atoms with Crippen LogP contribution in [0.2, 0.25) is 0 Å². The maximum atomic E-state index is 10.7. The molecule has 1 aliphatic rings. The van der Waals surface area contributed by atoms with Crippen LogP contribution in [0.1, 0.15) is 6.42 Å². The van der Waals surface area contributed by atoms with Crippen molar-refractivity contribution in [2.75, 3.05) is 0 Å². The molecule has 1 saturated heterocycles. The molecule has 0 aromatic carbocycles. The van der Waals surface area contributed by atoms with E-state index in [0.717, 1.165) is 0 Å². The Hall–Kier alpha value is -0.700. The normalized spacial score (nSPS) is 26.0. The summed E-state index contributed by atoms with van der Waals surface area (Å²) in [5, 5.41) is 2.54. The van der Waals surface area contributed by atoms with E-state index in [1.807, 2.05) is 0 Å². The van der Waals surface area contributed by atoms with Gasteiger partial charge in [0.15, 0.2) is 0 Å². The Bertz CT molecular complexity index is 176. The fourth-order valence-corrected chi connectivity index (χ4v) is 1.04. The summed E-state index contributed by atoms with van der Waals surface area (Å²) in [5.74, 6) is -0.104. The van der Waals surface area contributed by atoms with Crippen LogP contribution in [-0.2, 0) is 4.79 Å². The lowest BCUT2D eigenvalue weighted by molar-refractivity contribution is -0.120. The molecular weight excluding hydrogens is 134 g/mol. The molecule has 0 spiro atoms. The highest BCUT2D eigenvalue weighted by Gasteiger charge is 2.24. The zero-order valence-corrected chi connectivity index (χ0v) is 5.70. The average molecular weight is 141 g/mol. The molecule has 1 amide bonds. The maximum absolute atomic E-state index is 10.7. The highest BCUT2D eigenvalue weighted by Crippen LogP contribution is 2.11. The molecule has 0 aromatic heterocycles. The van der Waals surface area contributed by atoms with Gasteiger partial charge in [-0.3, -0.25) is 4.79 Å². The lowest BCUT2D eigenvalue weighted by Crippen LogP contribution is -2.20. The minimum atomic E-state index is -0.0856. The van der Waals surface area contributed by atoms with E-state index in [-0.39, 0.29) is 11.8 Å². The van der Waals surface area contributed by atoms with E-state index in [0.29, 0.717) is 11.4 Å². The Morgan fingerprint density at radius 1 is 1.89 bits per heavy atom. The molecule has 3 heteroatoms. The number of carbonyl (C=O) groups excluding carboxylic acids is 1. The number of thiocarbonyl (C=S) groups is 1. The Morgan fingerprint density at radius 2 is 2.56 bits per heavy atom. The molecule has 1 aliphatic heterocycles. The monoisotopic (exact) mass is 141 g/mol. The summed E-state index contributed by atoms with van der Waals surface area (Å²) >= 11 is 4.76. The van der Waals surface area contributed by atoms with Crippen LogP contribution in [0.15, 0.2) is 12.7 Å². The van der Waals surface area contributed by atoms with Crippen molar-refractivity contribution in [3.05, 3.63) is 12.7 Å². The minimum Gasteiger partial charge on any atom is -0.320 e. The number of carbonyl (C=O) groups is 1. The van der Waals surface area contributed by atoms with E-state index in [1.54, 1.807) is 6.08 Å². The summed E-state index contributed by atoms with van der Waals surface area (Å²) in [4.78, 5) is 11.4. The lowest BCUT2D eigenvalue weighted by Gasteiger charge is -1.92. The van der Waals surface area contributed by atoms with Gasteiger partial charge in [0.2, 0.25) is 5.91 Å². The molecule has 0 radical (unpaired) electrons. The third-order valence-corrected chi connectivity index (χ3v) is 1.56. The predicted molar refractivity (Wildman–Crippen MR) is 39.0 cm³/mol. The van der Waals surface area contributed by atoms with Crippen LogP contribution in [0.5, 0.6) is 0 Å². The smallest absolute Gasteiger partial charge is 0.232 e. The summed E-state index contributed by atoms with van der Waals surface area (Å²) in [7, 11) is 0. The van der Waals surface area contributed by atoms with Gasteiger partial charge in [0.25, 0.3) is 0 Å². The molecule has 1 unspecified atom stereocenters. The molecular formula is C6H7NOS. The lowest BCUT2D eigenvalue weighted by atomic mass is 10.1. The molecule has 1 fully saturated rings. The number of nitrogens with one attached hydrogen (secondary N) is 1. The van der Waals surface area contributed by atoms with Gasteiger partial charge >= 0.3 is 0 Å². The first kappa shape index (κ1) is 6.42. The van der Waals surface area contributed by atoms with Crippen molar-refractivity contribution in [3.8, 4) is 0 Å². The third kappa shape index (κ3) is 1.16. The first-order valence-electron chi connectivity index (χ1n) is 2.70. The minimum absolute atomic E-state index is 0.0185. The largest absolute Gasteiger partial charge is 0.320 e. The van der Waals surface area contributed by atoms with Crippen LogP contribution in [0.3, 0.4) is 0 Å². The van der Waals surface area contributed by atoms with Gasteiger partial charge in [0.05, 0.1) is 10.9 Å². The molecule has 48 valence electrons. The van der Waals surface area contributed by atoms with Crippen molar-refractivity contribution in [2.24, 2.45) is 5.92 Å². The van der Waals surface area contributed by atoms with E-state index in [2.05, 4.69) is 11.9 Å². The van der Waals surface area contributed by atoms with Gasteiger partial charge in [-0.15, -0.1) is 6.58 Å². The number of hydrogen-bond donors (Lipinski definition) is 1. The van der Waals surface area contributed by atoms with Gasteiger partial charge in [-0.2, -0.15) is 0 Å². The number of rotatable bonds is 1. The molecule has 1 heterocycles. The first-order valence-corrected chi connectivity index (χ1v) is 3.11. The Morgan fingerprint density at radius 3 is 2.78 bits per heavy atom. The Labute approximate surface area is 58.9 Å². The van der Waals surface area contributed by atoms with Gasteiger partial charge in [0, 0.05) is 6.42 Å². The molecule has 0 aliphatic carbocycles. The molecule has 1 N–H and O–H groups in total. The first-order chi connectivity index (χ1) is 4.24. The van der Waals surface area contributed by atoms with Crippen LogP contribution < -0.4 is 5.32 Å². The van der Waals surface area contributed by atoms with E-state index in [1.165, 1.54) is 0 Å². The fraction of sp³-hybridized carbons (Fsp3) is 0.333. The average Bonchev–Trinajstić information content (AvgIpc) is 2.10. The molecule has 0 bridgehead atoms. The second-order valence-electron chi connectivity index (χ2n) is 1.96. The molecule has 1 rings (SSSR count). The zero-order valence-electron chi connectivity index (χ0n) is 4.89. The van der Waals surface area contributed by atoms with Crippen LogP contribution in [0.25, 0.3) is 0 Å². The van der Waals surface area contributed by atoms with Gasteiger partial charge in [-0.1, -0.05) is 18.3 Å². The van der Waals surface area contributed by atoms with Gasteiger partial charge in [-0.25, -0.2) is 0 Å². The highest BCUT2D eigenvalue weighted by molar-refractivity contribution is 7.80. The zero-order chi connectivity index (χ0) is 6.85. The molecule has 9 heavy (non-hydrogen) atoms. The van der Waals surface area contributed by atoms with E-state index in [4.69, 9.17) is 12.2 Å². The maximum Gasteiger partial charge on any atom is 0.232 e. The van der Waals surface area contributed by atoms with Crippen LogP contribution in [-0.4, -0.2) is 10.9 Å². The molecule has 0 saturated carbocycles. The van der Waals surface area contributed by atoms with Crippen molar-refractivity contribution in [1.29, 1.82) is 0 Å². The standard InChI is InChI=1S/C6H7NOS/c1-2-4-3-5(9)7-6(4)8/h2,4H,1,3H2,(H,7,8,9). The third-order valence-electron chi connectivity index (χ3n) is 1.29. The molecule has 1 atom stereocenters. The fourth-order valence-electron chi connectivity index (χ4n) is 0.764. The summed E-state index contributed by atoms with van der Waals surface area (Å²) < 4.78 is 0. The van der Waals surface area contributed by atoms with E-state index < -0.39 is 0 Å². The number of hydrogen-bond acceptors (Lipinski definition) is 2. The second kappa shape index (κ2) is 2.27. The van der Waals surface area contributed by atoms with Crippen LogP contribution in [0, 0.1) is 5.92 Å². The SMILES string of the molecule is C=CC1CC(=S)NC1=O. The summed E-state index contributed by atoms with van der Waals surface area (Å²) in [6, 6.07) is 0.